The fraction of sp³-hybridized carbons (Fsp3) is 0.487. The van der Waals surface area contributed by atoms with Crippen LogP contribution < -0.4 is 0 Å². The molecule has 0 heterocycles. The number of aliphatic hydroxyl groups is 7. The van der Waals surface area contributed by atoms with Gasteiger partial charge in [-0.1, -0.05) is 252 Å². The zero-order chi connectivity index (χ0) is 65.8. The lowest BCUT2D eigenvalue weighted by atomic mass is 9.57. The molecule has 4 aliphatic carbocycles. The molecular formula is C80H112O7. The first-order valence-corrected chi connectivity index (χ1v) is 31.3. The van der Waals surface area contributed by atoms with Gasteiger partial charge in [0.15, 0.2) is 0 Å². The highest BCUT2D eigenvalue weighted by molar-refractivity contribution is 5.46. The molecule has 7 unspecified atom stereocenters. The third-order valence-corrected chi connectivity index (χ3v) is 17.1. The molecule has 4 aliphatic rings. The minimum absolute atomic E-state index is 0.00390. The molecule has 0 aromatic carbocycles. The molecule has 2 fully saturated rings. The van der Waals surface area contributed by atoms with Gasteiger partial charge in [0, 0.05) is 34.8 Å². The van der Waals surface area contributed by atoms with Gasteiger partial charge in [-0.3, -0.25) is 0 Å². The van der Waals surface area contributed by atoms with Gasteiger partial charge in [-0.15, -0.1) is 5.73 Å². The summed E-state index contributed by atoms with van der Waals surface area (Å²) < 4.78 is 0. The zero-order valence-corrected chi connectivity index (χ0v) is 57.0. The van der Waals surface area contributed by atoms with Crippen molar-refractivity contribution in [2.24, 2.45) is 21.7 Å². The SMILES string of the molecule is CC1=C(/C=C/C(C)=C/C=C/C(C)=C/C=C/C=C(C)/C=C/C=C(\C)C=C=C2C(C)(C)CC(O)CC2(C)O)C(C)(C)CC(O)C1.CC1=C(C#C/C(C)=C/C=C/C(C)=C/C=C/C=C(C)/C=C/C=C(C)/C=C/C2(O)C(C)(C)CC(O)CC2(C)O)C(C)(C)CC(O)C1. The van der Waals surface area contributed by atoms with E-state index in [-0.39, 0.29) is 34.9 Å². The summed E-state index contributed by atoms with van der Waals surface area (Å²) in [7, 11) is 0. The van der Waals surface area contributed by atoms with Crippen molar-refractivity contribution in [2.75, 3.05) is 0 Å². The third-order valence-electron chi connectivity index (χ3n) is 17.1. The van der Waals surface area contributed by atoms with E-state index in [1.54, 1.807) is 19.9 Å². The Morgan fingerprint density at radius 1 is 0.425 bits per heavy atom. The number of hydrogen-bond acceptors (Lipinski definition) is 7. The largest absolute Gasteiger partial charge is 0.393 e. The lowest BCUT2D eigenvalue weighted by molar-refractivity contribution is -0.216. The molecular weight excluding hydrogens is 1070 g/mol. The molecule has 0 bridgehead atoms. The Labute approximate surface area is 527 Å². The Hall–Kier alpha value is -5.88. The van der Waals surface area contributed by atoms with Crippen molar-refractivity contribution in [3.05, 3.63) is 230 Å². The van der Waals surface area contributed by atoms with Gasteiger partial charge >= 0.3 is 0 Å². The summed E-state index contributed by atoms with van der Waals surface area (Å²) >= 11 is 0. The number of aliphatic hydroxyl groups excluding tert-OH is 4. The highest BCUT2D eigenvalue weighted by Crippen LogP contribution is 2.51. The standard InChI is InChI=1S/C40H56O4.C40H56O3/c1-29(17-13-19-31(3)21-22-36-33(5)25-34(41)26-37(36,6)7)15-11-12-16-30(2)18-14-20-32(4)23-24-40(44)38(8,9)27-35(42)28-39(40,10)43;1-29(17-13-19-31(3)21-23-36-33(5)25-34(41)26-38(36,6)7)15-11-12-16-30(2)18-14-20-32(4)22-24-37-39(8,9)27-35(42)28-40(37,10)43/h11-20,23-24,34-35,41-44H,25-28H2,1-10H3;11-23,34-35,41-43H,25-28H2,1-10H3/b12-11+,17-13+,18-14+,24-23+,29-15+,30-16+,31-19+,32-20+;12-11+,17-13+,18-14+,23-21+,29-15+,30-16+,31-19+,32-20+. The van der Waals surface area contributed by atoms with Crippen LogP contribution in [0.1, 0.15) is 190 Å². The topological polar surface area (TPSA) is 142 Å². The van der Waals surface area contributed by atoms with E-state index in [4.69, 9.17) is 0 Å². The fourth-order valence-corrected chi connectivity index (χ4v) is 12.7. The second kappa shape index (κ2) is 33.1. The number of rotatable bonds is 17. The average molecular weight is 1190 g/mol. The van der Waals surface area contributed by atoms with Gasteiger partial charge in [0.05, 0.1) is 35.6 Å². The maximum absolute atomic E-state index is 11.4. The molecule has 0 amide bonds. The van der Waals surface area contributed by atoms with Crippen LogP contribution in [0.3, 0.4) is 0 Å². The van der Waals surface area contributed by atoms with Crippen molar-refractivity contribution in [1.29, 1.82) is 0 Å². The van der Waals surface area contributed by atoms with E-state index in [9.17, 15) is 35.7 Å². The Morgan fingerprint density at radius 3 is 1.29 bits per heavy atom. The van der Waals surface area contributed by atoms with E-state index in [1.807, 2.05) is 127 Å². The fourth-order valence-electron chi connectivity index (χ4n) is 12.7. The molecule has 0 radical (unpaired) electrons. The summed E-state index contributed by atoms with van der Waals surface area (Å²) in [5.41, 5.74) is 12.8. The first kappa shape index (κ1) is 75.4. The quantitative estimate of drug-likeness (QED) is 0.0437. The van der Waals surface area contributed by atoms with Crippen LogP contribution in [-0.4, -0.2) is 77.0 Å². The van der Waals surface area contributed by atoms with Gasteiger partial charge in [0.1, 0.15) is 5.60 Å². The van der Waals surface area contributed by atoms with Gasteiger partial charge in [-0.05, 0) is 161 Å². The molecule has 4 rings (SSSR count). The summed E-state index contributed by atoms with van der Waals surface area (Å²) in [4.78, 5) is 0. The molecule has 0 saturated heterocycles. The van der Waals surface area contributed by atoms with Crippen LogP contribution in [0.15, 0.2) is 230 Å². The molecule has 0 aromatic rings. The molecule has 7 N–H and O–H groups in total. The van der Waals surface area contributed by atoms with Crippen molar-refractivity contribution in [3.8, 4) is 11.8 Å². The number of hydrogen-bond donors (Lipinski definition) is 7. The van der Waals surface area contributed by atoms with Crippen LogP contribution in [-0.2, 0) is 0 Å². The van der Waals surface area contributed by atoms with Crippen LogP contribution in [0.2, 0.25) is 0 Å². The Kier molecular flexibility index (Phi) is 28.7. The van der Waals surface area contributed by atoms with Crippen molar-refractivity contribution in [3.63, 3.8) is 0 Å². The molecule has 7 nitrogen and oxygen atoms in total. The van der Waals surface area contributed by atoms with Crippen LogP contribution >= 0.6 is 0 Å². The van der Waals surface area contributed by atoms with E-state index in [0.29, 0.717) is 25.7 Å². The van der Waals surface area contributed by atoms with E-state index in [1.165, 1.54) is 27.9 Å². The molecule has 7 heteroatoms. The van der Waals surface area contributed by atoms with E-state index < -0.39 is 34.4 Å². The summed E-state index contributed by atoms with van der Waals surface area (Å²) in [6.07, 6.45) is 53.6. The lowest BCUT2D eigenvalue weighted by Crippen LogP contribution is -2.65. The minimum atomic E-state index is -1.45. The average Bonchev–Trinajstić information content (AvgIpc) is 1.08. The second-order valence-corrected chi connectivity index (χ2v) is 28.5. The van der Waals surface area contributed by atoms with Gasteiger partial charge in [0.25, 0.3) is 0 Å². The van der Waals surface area contributed by atoms with Crippen molar-refractivity contribution < 1.29 is 35.7 Å². The maximum atomic E-state index is 11.4. The summed E-state index contributed by atoms with van der Waals surface area (Å²) in [5.74, 6) is 6.65. The predicted octanol–water partition coefficient (Wildman–Crippen LogP) is 17.7. The van der Waals surface area contributed by atoms with Gasteiger partial charge in [-0.2, -0.15) is 0 Å². The van der Waals surface area contributed by atoms with E-state index >= 15 is 0 Å². The molecule has 0 aromatic heterocycles. The Bertz CT molecular complexity index is 3090. The van der Waals surface area contributed by atoms with Crippen LogP contribution in [0.25, 0.3) is 0 Å². The monoisotopic (exact) mass is 1180 g/mol. The highest BCUT2D eigenvalue weighted by atomic mass is 16.4. The highest BCUT2D eigenvalue weighted by Gasteiger charge is 2.58. The molecule has 0 spiro atoms. The summed E-state index contributed by atoms with van der Waals surface area (Å²) in [5, 5.41) is 73.6. The zero-order valence-electron chi connectivity index (χ0n) is 57.0. The molecule has 87 heavy (non-hydrogen) atoms. The van der Waals surface area contributed by atoms with Crippen molar-refractivity contribution in [1.82, 2.24) is 0 Å². The first-order valence-electron chi connectivity index (χ1n) is 31.3. The maximum Gasteiger partial charge on any atom is 0.117 e. The minimum Gasteiger partial charge on any atom is -0.393 e. The molecule has 2 saturated carbocycles. The molecule has 0 aliphatic heterocycles. The summed E-state index contributed by atoms with van der Waals surface area (Å²) in [6.45, 7) is 40.5. The smallest absolute Gasteiger partial charge is 0.117 e. The van der Waals surface area contributed by atoms with Crippen LogP contribution in [0.5, 0.6) is 0 Å². The first-order chi connectivity index (χ1) is 40.2. The second-order valence-electron chi connectivity index (χ2n) is 28.5. The van der Waals surface area contributed by atoms with Crippen LogP contribution in [0, 0.1) is 33.5 Å². The Balaban J connectivity index is 0.000000455. The third kappa shape index (κ3) is 24.6. The molecule has 7 atom stereocenters. The lowest BCUT2D eigenvalue weighted by Gasteiger charge is -2.54. The predicted molar refractivity (Wildman–Crippen MR) is 370 cm³/mol. The van der Waals surface area contributed by atoms with Gasteiger partial charge < -0.3 is 35.7 Å². The van der Waals surface area contributed by atoms with Gasteiger partial charge in [-0.25, -0.2) is 0 Å². The van der Waals surface area contributed by atoms with E-state index in [0.717, 1.165) is 63.8 Å². The van der Waals surface area contributed by atoms with Gasteiger partial charge in [0.2, 0.25) is 0 Å². The normalized spacial score (nSPS) is 29.2. The Morgan fingerprint density at radius 2 is 0.828 bits per heavy atom. The van der Waals surface area contributed by atoms with Crippen molar-refractivity contribution >= 4 is 0 Å². The van der Waals surface area contributed by atoms with Crippen LogP contribution in [0.4, 0.5) is 0 Å². The van der Waals surface area contributed by atoms with E-state index in [2.05, 4.69) is 161 Å². The summed E-state index contributed by atoms with van der Waals surface area (Å²) in [6, 6.07) is 0. The molecule has 474 valence electrons. The number of allylic oxidation sites excluding steroid dienone is 33. The van der Waals surface area contributed by atoms with Crippen molar-refractivity contribution in [2.45, 2.75) is 231 Å².